The van der Waals surface area contributed by atoms with Crippen LogP contribution in [0.2, 0.25) is 0 Å². The summed E-state index contributed by atoms with van der Waals surface area (Å²) in [6, 6.07) is 0. The van der Waals surface area contributed by atoms with Crippen LogP contribution < -0.4 is 0 Å². The largest absolute Gasteiger partial charge is 0.235 e. The molecular weight excluding hydrogens is 144 g/mol. The zero-order valence-electron chi connectivity index (χ0n) is 4.70. The Balaban J connectivity index is 2.72. The molecule has 0 N–H and O–H groups in total. The zero-order chi connectivity index (χ0) is 6.41. The van der Waals surface area contributed by atoms with E-state index in [1.54, 1.807) is 0 Å². The fourth-order valence-corrected chi connectivity index (χ4v) is 0.314. The summed E-state index contributed by atoms with van der Waals surface area (Å²) in [5.41, 5.74) is 0. The van der Waals surface area contributed by atoms with E-state index in [0.717, 1.165) is 6.42 Å². The third kappa shape index (κ3) is 6.62. The minimum Gasteiger partial charge on any atom is -0.235 e. The molecule has 0 fully saturated rings. The van der Waals surface area contributed by atoms with Crippen molar-refractivity contribution in [3.05, 3.63) is 0 Å². The van der Waals surface area contributed by atoms with Crippen LogP contribution in [-0.2, 0) is 9.78 Å². The van der Waals surface area contributed by atoms with Crippen molar-refractivity contribution < 1.29 is 9.78 Å². The Morgan fingerprint density at radius 1 is 1.50 bits per heavy atom. The van der Waals surface area contributed by atoms with Crippen molar-refractivity contribution in [1.29, 1.82) is 0 Å². The van der Waals surface area contributed by atoms with Crippen LogP contribution in [0, 0.1) is 0 Å². The normalized spacial score (nSPS) is 10.5. The lowest BCUT2D eigenvalue weighted by molar-refractivity contribution is -0.286. The first-order valence-corrected chi connectivity index (χ1v) is 3.45. The van der Waals surface area contributed by atoms with E-state index in [0.29, 0.717) is 6.61 Å². The van der Waals surface area contributed by atoms with Gasteiger partial charge in [0.15, 0.2) is 4.77 Å². The first-order chi connectivity index (χ1) is 3.77. The van der Waals surface area contributed by atoms with E-state index in [-0.39, 0.29) is 0 Å². The van der Waals surface area contributed by atoms with Gasteiger partial charge in [-0.3, -0.25) is 0 Å². The van der Waals surface area contributed by atoms with Crippen molar-refractivity contribution >= 4 is 25.3 Å². The molecule has 8 heavy (non-hydrogen) atoms. The number of hydrogen-bond donors (Lipinski definition) is 2. The minimum atomic E-state index is -0.429. The van der Waals surface area contributed by atoms with Crippen molar-refractivity contribution in [2.45, 2.75) is 18.1 Å². The summed E-state index contributed by atoms with van der Waals surface area (Å²) < 4.78 is -0.429. The van der Waals surface area contributed by atoms with Crippen molar-refractivity contribution in [3.63, 3.8) is 0 Å². The lowest BCUT2D eigenvalue weighted by Crippen LogP contribution is -1.98. The average Bonchev–Trinajstić information content (AvgIpc) is 1.66. The predicted molar refractivity (Wildman–Crippen MR) is 39.1 cm³/mol. The molecule has 0 radical (unpaired) electrons. The highest BCUT2D eigenvalue weighted by atomic mass is 32.2. The lowest BCUT2D eigenvalue weighted by Gasteiger charge is -2.02. The monoisotopic (exact) mass is 154 g/mol. The smallest absolute Gasteiger partial charge is 0.179 e. The first-order valence-electron chi connectivity index (χ1n) is 2.41. The van der Waals surface area contributed by atoms with Gasteiger partial charge in [-0.05, 0) is 6.42 Å². The Hall–Kier alpha value is 0.620. The summed E-state index contributed by atoms with van der Waals surface area (Å²) in [5.74, 6) is 0. The minimum absolute atomic E-state index is 0.429. The van der Waals surface area contributed by atoms with Crippen LogP contribution in [0.15, 0.2) is 0 Å². The van der Waals surface area contributed by atoms with E-state index in [2.05, 4.69) is 35.0 Å². The Labute approximate surface area is 60.3 Å². The summed E-state index contributed by atoms with van der Waals surface area (Å²) in [7, 11) is 0. The van der Waals surface area contributed by atoms with E-state index < -0.39 is 4.77 Å². The standard InChI is InChI=1S/C4H10O2S2/c1-2-3-5-6-4(7)8/h4,7-8H,2-3H2,1H3. The maximum Gasteiger partial charge on any atom is 0.179 e. The molecular formula is C4H10O2S2. The Morgan fingerprint density at radius 2 is 2.12 bits per heavy atom. The molecule has 0 aromatic carbocycles. The fourth-order valence-electron chi connectivity index (χ4n) is 0.192. The molecule has 2 nitrogen and oxygen atoms in total. The summed E-state index contributed by atoms with van der Waals surface area (Å²) in [6.45, 7) is 2.59. The summed E-state index contributed by atoms with van der Waals surface area (Å²) in [5, 5.41) is 0. The van der Waals surface area contributed by atoms with Crippen LogP contribution in [0.5, 0.6) is 0 Å². The van der Waals surface area contributed by atoms with E-state index in [1.807, 2.05) is 6.92 Å². The molecule has 0 aliphatic carbocycles. The topological polar surface area (TPSA) is 18.5 Å². The summed E-state index contributed by atoms with van der Waals surface area (Å²) in [4.78, 5) is 9.10. The molecule has 0 rings (SSSR count). The molecule has 0 aromatic rings. The Kier molecular flexibility index (Phi) is 6.20. The third-order valence-electron chi connectivity index (χ3n) is 0.442. The van der Waals surface area contributed by atoms with Crippen molar-refractivity contribution in [2.24, 2.45) is 0 Å². The van der Waals surface area contributed by atoms with Gasteiger partial charge < -0.3 is 0 Å². The quantitative estimate of drug-likeness (QED) is 0.210. The van der Waals surface area contributed by atoms with Crippen molar-refractivity contribution in [3.8, 4) is 0 Å². The van der Waals surface area contributed by atoms with Gasteiger partial charge >= 0.3 is 0 Å². The average molecular weight is 154 g/mol. The fraction of sp³-hybridized carbons (Fsp3) is 1.00. The van der Waals surface area contributed by atoms with Gasteiger partial charge in [0, 0.05) is 0 Å². The molecule has 0 aliphatic rings. The van der Waals surface area contributed by atoms with Gasteiger partial charge in [0.1, 0.15) is 0 Å². The van der Waals surface area contributed by atoms with Gasteiger partial charge in [-0.15, -0.1) is 25.3 Å². The zero-order valence-corrected chi connectivity index (χ0v) is 6.49. The second-order valence-electron chi connectivity index (χ2n) is 1.24. The highest BCUT2D eigenvalue weighted by molar-refractivity contribution is 7.98. The van der Waals surface area contributed by atoms with E-state index >= 15 is 0 Å². The van der Waals surface area contributed by atoms with Crippen LogP contribution in [0.1, 0.15) is 13.3 Å². The molecule has 0 amide bonds. The van der Waals surface area contributed by atoms with E-state index in [1.165, 1.54) is 0 Å². The highest BCUT2D eigenvalue weighted by Crippen LogP contribution is 2.01. The van der Waals surface area contributed by atoms with Gasteiger partial charge in [0.2, 0.25) is 0 Å². The number of rotatable bonds is 4. The highest BCUT2D eigenvalue weighted by Gasteiger charge is 1.91. The van der Waals surface area contributed by atoms with Gasteiger partial charge in [-0.2, -0.15) is 0 Å². The molecule has 0 bridgehead atoms. The molecule has 4 heteroatoms. The maximum atomic E-state index is 4.59. The van der Waals surface area contributed by atoms with Crippen molar-refractivity contribution in [2.75, 3.05) is 6.61 Å². The molecule has 50 valence electrons. The van der Waals surface area contributed by atoms with Crippen LogP contribution in [0.4, 0.5) is 0 Å². The Morgan fingerprint density at radius 3 is 2.50 bits per heavy atom. The van der Waals surface area contributed by atoms with Gasteiger partial charge in [-0.1, -0.05) is 6.92 Å². The summed E-state index contributed by atoms with van der Waals surface area (Å²) >= 11 is 7.58. The van der Waals surface area contributed by atoms with Crippen LogP contribution >= 0.6 is 25.3 Å². The van der Waals surface area contributed by atoms with Crippen LogP contribution in [0.25, 0.3) is 0 Å². The molecule has 0 spiro atoms. The van der Waals surface area contributed by atoms with Crippen molar-refractivity contribution in [1.82, 2.24) is 0 Å². The number of thiol groups is 2. The molecule has 0 unspecified atom stereocenters. The first kappa shape index (κ1) is 8.62. The second kappa shape index (κ2) is 5.75. The second-order valence-corrected chi connectivity index (χ2v) is 2.59. The molecule has 0 atom stereocenters. The molecule has 0 aromatic heterocycles. The maximum absolute atomic E-state index is 4.59. The lowest BCUT2D eigenvalue weighted by atomic mass is 10.5. The third-order valence-corrected chi connectivity index (χ3v) is 0.614. The number of hydrogen-bond acceptors (Lipinski definition) is 4. The van der Waals surface area contributed by atoms with Crippen LogP contribution in [-0.4, -0.2) is 11.4 Å². The molecule has 0 heterocycles. The van der Waals surface area contributed by atoms with E-state index in [4.69, 9.17) is 0 Å². The van der Waals surface area contributed by atoms with E-state index in [9.17, 15) is 0 Å². The van der Waals surface area contributed by atoms with Gasteiger partial charge in [0.05, 0.1) is 6.61 Å². The predicted octanol–water partition coefficient (Wildman–Crippen LogP) is 1.49. The molecule has 0 saturated carbocycles. The van der Waals surface area contributed by atoms with Gasteiger partial charge in [-0.25, -0.2) is 9.78 Å². The molecule has 0 aliphatic heterocycles. The van der Waals surface area contributed by atoms with Gasteiger partial charge in [0.25, 0.3) is 0 Å². The SMILES string of the molecule is CCCOOC(S)S. The molecule has 0 saturated heterocycles. The van der Waals surface area contributed by atoms with Crippen LogP contribution in [0.3, 0.4) is 0 Å². The summed E-state index contributed by atoms with van der Waals surface area (Å²) in [6.07, 6.45) is 0.939. The Bertz CT molecular complexity index is 49.3.